The molecule has 3 aromatic rings. The summed E-state index contributed by atoms with van der Waals surface area (Å²) in [4.78, 5) is 41.3. The molecule has 3 N–H and O–H groups in total. The number of aromatic nitrogens is 3. The van der Waals surface area contributed by atoms with Crippen LogP contribution in [0, 0.1) is 13.8 Å². The Morgan fingerprint density at radius 2 is 2.00 bits per heavy atom. The monoisotopic (exact) mass is 395 g/mol. The number of benzene rings is 1. The smallest absolute Gasteiger partial charge is 0.272 e. The number of aryl methyl sites for hydroxylation is 2. The number of nitrogens with zero attached hydrogens (tertiary/aromatic N) is 2. The van der Waals surface area contributed by atoms with Crippen molar-refractivity contribution in [2.75, 3.05) is 20.2 Å². The highest BCUT2D eigenvalue weighted by Gasteiger charge is 2.34. The molecule has 0 aliphatic carbocycles. The highest BCUT2D eigenvalue weighted by atomic mass is 16.5. The number of hydrogen-bond donors (Lipinski definition) is 3. The predicted molar refractivity (Wildman–Crippen MR) is 106 cm³/mol. The van der Waals surface area contributed by atoms with Crippen LogP contribution in [-0.4, -0.2) is 58.1 Å². The van der Waals surface area contributed by atoms with E-state index in [4.69, 9.17) is 4.74 Å². The van der Waals surface area contributed by atoms with Crippen LogP contribution in [0.15, 0.2) is 29.1 Å². The van der Waals surface area contributed by atoms with Gasteiger partial charge in [-0.05, 0) is 43.7 Å². The number of methoxy groups -OCH3 is 1. The van der Waals surface area contributed by atoms with Crippen molar-refractivity contribution >= 4 is 22.7 Å². The molecule has 9 heteroatoms. The molecule has 1 aromatic carbocycles. The average Bonchev–Trinajstić information content (AvgIpc) is 3.01. The van der Waals surface area contributed by atoms with Crippen molar-refractivity contribution in [1.82, 2.24) is 25.4 Å². The molecule has 2 amide bonds. The first kappa shape index (κ1) is 18.7. The Bertz CT molecular complexity index is 1170. The van der Waals surface area contributed by atoms with E-state index in [0.29, 0.717) is 24.3 Å². The van der Waals surface area contributed by atoms with Crippen LogP contribution < -0.4 is 15.6 Å². The van der Waals surface area contributed by atoms with Crippen molar-refractivity contribution in [3.8, 4) is 5.75 Å². The predicted octanol–water partition coefficient (Wildman–Crippen LogP) is 1.13. The number of H-pyrrole nitrogens is 2. The van der Waals surface area contributed by atoms with Gasteiger partial charge in [0.1, 0.15) is 17.1 Å². The van der Waals surface area contributed by atoms with Crippen LogP contribution in [0.4, 0.5) is 0 Å². The Morgan fingerprint density at radius 1 is 1.24 bits per heavy atom. The SMILES string of the molecule is COc1ccc2[nH]c(C(=O)N3CC(NC(=O)c4cc(C)c(=O)[nH]n4)C3)c(C)c2c1. The number of carbonyl (C=O) groups excluding carboxylic acids is 2. The maximum absolute atomic E-state index is 12.9. The molecule has 0 saturated carbocycles. The second-order valence-electron chi connectivity index (χ2n) is 7.18. The second-order valence-corrected chi connectivity index (χ2v) is 7.18. The highest BCUT2D eigenvalue weighted by molar-refractivity contribution is 6.01. The van der Waals surface area contributed by atoms with Gasteiger partial charge in [0.05, 0.1) is 13.2 Å². The van der Waals surface area contributed by atoms with Crippen LogP contribution >= 0.6 is 0 Å². The minimum atomic E-state index is -0.379. The molecule has 1 aliphatic rings. The third kappa shape index (κ3) is 3.35. The van der Waals surface area contributed by atoms with Crippen LogP contribution in [-0.2, 0) is 0 Å². The lowest BCUT2D eigenvalue weighted by molar-refractivity contribution is 0.0536. The summed E-state index contributed by atoms with van der Waals surface area (Å²) < 4.78 is 5.25. The number of amides is 2. The summed E-state index contributed by atoms with van der Waals surface area (Å²) in [6.07, 6.45) is 0. The van der Waals surface area contributed by atoms with Crippen molar-refractivity contribution in [3.05, 3.63) is 57.1 Å². The molecular formula is C20H21N5O4. The lowest BCUT2D eigenvalue weighted by Crippen LogP contribution is -2.61. The fourth-order valence-corrected chi connectivity index (χ4v) is 3.42. The van der Waals surface area contributed by atoms with Crippen molar-refractivity contribution in [2.24, 2.45) is 0 Å². The zero-order valence-corrected chi connectivity index (χ0v) is 16.3. The van der Waals surface area contributed by atoms with Crippen LogP contribution in [0.25, 0.3) is 10.9 Å². The van der Waals surface area contributed by atoms with Gasteiger partial charge < -0.3 is 19.9 Å². The van der Waals surface area contributed by atoms with Gasteiger partial charge in [-0.3, -0.25) is 14.4 Å². The summed E-state index contributed by atoms with van der Waals surface area (Å²) >= 11 is 0. The van der Waals surface area contributed by atoms with E-state index >= 15 is 0 Å². The molecule has 0 radical (unpaired) electrons. The normalized spacial score (nSPS) is 14.0. The molecule has 2 aromatic heterocycles. The van der Waals surface area contributed by atoms with Crippen molar-refractivity contribution < 1.29 is 14.3 Å². The van der Waals surface area contributed by atoms with Crippen LogP contribution in [0.3, 0.4) is 0 Å². The first-order valence-electron chi connectivity index (χ1n) is 9.20. The van der Waals surface area contributed by atoms with Gasteiger partial charge in [-0.2, -0.15) is 5.10 Å². The number of ether oxygens (including phenoxy) is 1. The van der Waals surface area contributed by atoms with Gasteiger partial charge in [0.15, 0.2) is 0 Å². The van der Waals surface area contributed by atoms with E-state index in [1.54, 1.807) is 18.9 Å². The summed E-state index contributed by atoms with van der Waals surface area (Å²) in [5.41, 5.74) is 2.51. The van der Waals surface area contributed by atoms with E-state index in [1.807, 2.05) is 25.1 Å². The van der Waals surface area contributed by atoms with Crippen LogP contribution in [0.1, 0.15) is 32.1 Å². The topological polar surface area (TPSA) is 120 Å². The van der Waals surface area contributed by atoms with E-state index in [0.717, 1.165) is 22.2 Å². The number of rotatable bonds is 4. The number of nitrogens with one attached hydrogen (secondary N) is 3. The zero-order chi connectivity index (χ0) is 20.7. The fourth-order valence-electron chi connectivity index (χ4n) is 3.42. The third-order valence-corrected chi connectivity index (χ3v) is 5.21. The van der Waals surface area contributed by atoms with Crippen LogP contribution in [0.2, 0.25) is 0 Å². The van der Waals surface area contributed by atoms with E-state index in [-0.39, 0.29) is 29.1 Å². The molecular weight excluding hydrogens is 374 g/mol. The molecule has 9 nitrogen and oxygen atoms in total. The zero-order valence-electron chi connectivity index (χ0n) is 16.3. The number of hydrogen-bond acceptors (Lipinski definition) is 5. The summed E-state index contributed by atoms with van der Waals surface area (Å²) in [6, 6.07) is 6.91. The Kier molecular flexibility index (Phi) is 4.57. The molecule has 4 rings (SSSR count). The van der Waals surface area contributed by atoms with Crippen LogP contribution in [0.5, 0.6) is 5.75 Å². The molecule has 1 fully saturated rings. The van der Waals surface area contributed by atoms with Gasteiger partial charge in [0.25, 0.3) is 17.4 Å². The van der Waals surface area contributed by atoms with Gasteiger partial charge in [0, 0.05) is 29.6 Å². The first-order valence-corrected chi connectivity index (χ1v) is 9.20. The van der Waals surface area contributed by atoms with Crippen molar-refractivity contribution in [3.63, 3.8) is 0 Å². The molecule has 1 aliphatic heterocycles. The van der Waals surface area contributed by atoms with Gasteiger partial charge in [0.2, 0.25) is 0 Å². The number of carbonyl (C=O) groups is 2. The Balaban J connectivity index is 1.42. The second kappa shape index (κ2) is 7.08. The first-order chi connectivity index (χ1) is 13.9. The summed E-state index contributed by atoms with van der Waals surface area (Å²) in [5.74, 6) is 0.243. The molecule has 29 heavy (non-hydrogen) atoms. The Morgan fingerprint density at radius 3 is 2.69 bits per heavy atom. The highest BCUT2D eigenvalue weighted by Crippen LogP contribution is 2.27. The van der Waals surface area contributed by atoms with E-state index in [9.17, 15) is 14.4 Å². The molecule has 0 spiro atoms. The summed E-state index contributed by atoms with van der Waals surface area (Å²) in [6.45, 7) is 4.32. The van der Waals surface area contributed by atoms with Gasteiger partial charge in [-0.1, -0.05) is 0 Å². The number of aromatic amines is 2. The summed E-state index contributed by atoms with van der Waals surface area (Å²) in [5, 5.41) is 9.82. The van der Waals surface area contributed by atoms with Gasteiger partial charge in [-0.25, -0.2) is 5.10 Å². The van der Waals surface area contributed by atoms with E-state index in [2.05, 4.69) is 20.5 Å². The molecule has 0 bridgehead atoms. The lowest BCUT2D eigenvalue weighted by Gasteiger charge is -2.39. The lowest BCUT2D eigenvalue weighted by atomic mass is 10.1. The third-order valence-electron chi connectivity index (χ3n) is 5.21. The quantitative estimate of drug-likeness (QED) is 0.612. The van der Waals surface area contributed by atoms with Crippen molar-refractivity contribution in [1.29, 1.82) is 0 Å². The van der Waals surface area contributed by atoms with E-state index < -0.39 is 0 Å². The Labute approximate surface area is 166 Å². The number of fused-ring (bicyclic) bond motifs is 1. The number of likely N-dealkylation sites (tertiary alicyclic amines) is 1. The molecule has 3 heterocycles. The largest absolute Gasteiger partial charge is 0.497 e. The summed E-state index contributed by atoms with van der Waals surface area (Å²) in [7, 11) is 1.60. The molecule has 150 valence electrons. The maximum Gasteiger partial charge on any atom is 0.272 e. The Hall–Kier alpha value is -3.62. The van der Waals surface area contributed by atoms with E-state index in [1.165, 1.54) is 6.07 Å². The molecule has 0 unspecified atom stereocenters. The minimum Gasteiger partial charge on any atom is -0.497 e. The van der Waals surface area contributed by atoms with Gasteiger partial charge >= 0.3 is 0 Å². The molecule has 1 saturated heterocycles. The van der Waals surface area contributed by atoms with Crippen molar-refractivity contribution in [2.45, 2.75) is 19.9 Å². The average molecular weight is 395 g/mol. The minimum absolute atomic E-state index is 0.110. The maximum atomic E-state index is 12.9. The van der Waals surface area contributed by atoms with Gasteiger partial charge in [-0.15, -0.1) is 0 Å². The fraction of sp³-hybridized carbons (Fsp3) is 0.300. The molecule has 0 atom stereocenters. The standard InChI is InChI=1S/C20H21N5O4/c1-10-6-16(23-24-18(10)26)19(27)21-12-8-25(9-12)20(28)17-11(2)14-7-13(29-3)4-5-15(14)22-17/h4-7,12,22H,8-9H2,1-3H3,(H,21,27)(H,24,26).